The predicted octanol–water partition coefficient (Wildman–Crippen LogP) is 3.03. The van der Waals surface area contributed by atoms with Crippen LogP contribution in [0, 0.1) is 12.7 Å². The molecule has 1 aromatic heterocycles. The molecule has 0 amide bonds. The minimum atomic E-state index is -3.77. The first-order chi connectivity index (χ1) is 13.4. The number of benzene rings is 2. The summed E-state index contributed by atoms with van der Waals surface area (Å²) < 4.78 is 51.5. The molecule has 7 nitrogen and oxygen atoms in total. The second-order valence-electron chi connectivity index (χ2n) is 6.49. The van der Waals surface area contributed by atoms with Crippen molar-refractivity contribution in [3.05, 3.63) is 60.2 Å². The summed E-state index contributed by atoms with van der Waals surface area (Å²) in [7, 11) is -3.77. The molecular formula is C19H18FN3O4S. The normalized spacial score (nSPS) is 17.7. The molecule has 146 valence electrons. The third-order valence-corrected chi connectivity index (χ3v) is 6.34. The van der Waals surface area contributed by atoms with Crippen LogP contribution >= 0.6 is 0 Å². The molecular weight excluding hydrogens is 385 g/mol. The maximum Gasteiger partial charge on any atom is 0.261 e. The lowest BCUT2D eigenvalue weighted by molar-refractivity contribution is 0.216. The molecule has 0 bridgehead atoms. The Morgan fingerprint density at radius 1 is 1.21 bits per heavy atom. The largest absolute Gasteiger partial charge is 0.488 e. The van der Waals surface area contributed by atoms with Gasteiger partial charge < -0.3 is 9.26 Å². The van der Waals surface area contributed by atoms with E-state index >= 15 is 0 Å². The van der Waals surface area contributed by atoms with E-state index in [9.17, 15) is 12.8 Å². The van der Waals surface area contributed by atoms with E-state index in [1.807, 2.05) is 12.1 Å². The Balaban J connectivity index is 1.52. The van der Waals surface area contributed by atoms with E-state index < -0.39 is 15.8 Å². The van der Waals surface area contributed by atoms with Crippen molar-refractivity contribution in [3.63, 3.8) is 0 Å². The summed E-state index contributed by atoms with van der Waals surface area (Å²) in [4.78, 5) is 4.16. The molecule has 1 atom stereocenters. The number of aryl methyl sites for hydroxylation is 1. The summed E-state index contributed by atoms with van der Waals surface area (Å²) in [5, 5.41) is 3.79. The molecule has 1 aliphatic rings. The van der Waals surface area contributed by atoms with Gasteiger partial charge in [-0.05, 0) is 43.7 Å². The zero-order valence-electron chi connectivity index (χ0n) is 15.1. The van der Waals surface area contributed by atoms with Gasteiger partial charge in [0.05, 0.1) is 17.0 Å². The average molecular weight is 403 g/mol. The van der Waals surface area contributed by atoms with Crippen LogP contribution < -0.4 is 4.74 Å². The second kappa shape index (κ2) is 7.33. The number of hydrogen-bond acceptors (Lipinski definition) is 6. The van der Waals surface area contributed by atoms with Gasteiger partial charge in [-0.15, -0.1) is 0 Å². The highest BCUT2D eigenvalue weighted by Crippen LogP contribution is 2.31. The number of nitrogens with zero attached hydrogens (tertiary/aromatic N) is 3. The summed E-state index contributed by atoms with van der Waals surface area (Å²) >= 11 is 0. The summed E-state index contributed by atoms with van der Waals surface area (Å²) in [5.74, 6) is 0.811. The highest BCUT2D eigenvalue weighted by atomic mass is 32.2. The smallest absolute Gasteiger partial charge is 0.261 e. The highest BCUT2D eigenvalue weighted by molar-refractivity contribution is 7.89. The molecule has 0 aliphatic carbocycles. The third-order valence-electron chi connectivity index (χ3n) is 4.48. The van der Waals surface area contributed by atoms with E-state index in [0.717, 1.165) is 6.07 Å². The zero-order valence-corrected chi connectivity index (χ0v) is 15.9. The molecule has 2 aromatic carbocycles. The molecule has 3 aromatic rings. The van der Waals surface area contributed by atoms with Crippen LogP contribution in [0.5, 0.6) is 5.75 Å². The lowest BCUT2D eigenvalue weighted by Crippen LogP contribution is -2.31. The maximum absolute atomic E-state index is 13.4. The van der Waals surface area contributed by atoms with Gasteiger partial charge in [0.25, 0.3) is 5.89 Å². The molecule has 9 heteroatoms. The van der Waals surface area contributed by atoms with Gasteiger partial charge in [0.15, 0.2) is 5.82 Å². The fourth-order valence-corrected chi connectivity index (χ4v) is 4.64. The Hall–Kier alpha value is -2.78. The number of para-hydroxylation sites is 1. The van der Waals surface area contributed by atoms with Crippen LogP contribution in [0.1, 0.15) is 12.2 Å². The monoisotopic (exact) mass is 403 g/mol. The van der Waals surface area contributed by atoms with Crippen molar-refractivity contribution >= 4 is 10.0 Å². The Kier molecular flexibility index (Phi) is 4.86. The second-order valence-corrected chi connectivity index (χ2v) is 8.43. The van der Waals surface area contributed by atoms with Crippen molar-refractivity contribution in [2.75, 3.05) is 13.1 Å². The lowest BCUT2D eigenvalue weighted by atomic mass is 10.2. The number of aromatic nitrogens is 2. The summed E-state index contributed by atoms with van der Waals surface area (Å²) in [6.07, 6.45) is 0.180. The molecule has 0 radical (unpaired) electrons. The van der Waals surface area contributed by atoms with Gasteiger partial charge in [-0.3, -0.25) is 0 Å². The molecule has 0 N–H and O–H groups in total. The molecule has 2 heterocycles. The topological polar surface area (TPSA) is 85.5 Å². The third kappa shape index (κ3) is 3.63. The summed E-state index contributed by atoms with van der Waals surface area (Å²) in [6, 6.07) is 12.2. The van der Waals surface area contributed by atoms with E-state index in [0.29, 0.717) is 36.0 Å². The van der Waals surface area contributed by atoms with Crippen molar-refractivity contribution < 1.29 is 22.1 Å². The van der Waals surface area contributed by atoms with E-state index in [4.69, 9.17) is 9.26 Å². The van der Waals surface area contributed by atoms with Gasteiger partial charge in [-0.2, -0.15) is 9.29 Å². The number of halogens is 1. The molecule has 0 saturated carbocycles. The van der Waals surface area contributed by atoms with Gasteiger partial charge >= 0.3 is 0 Å². The van der Waals surface area contributed by atoms with Crippen LogP contribution in [0.4, 0.5) is 4.39 Å². The quantitative estimate of drug-likeness (QED) is 0.651. The van der Waals surface area contributed by atoms with Gasteiger partial charge in [-0.1, -0.05) is 23.4 Å². The Morgan fingerprint density at radius 3 is 2.79 bits per heavy atom. The maximum atomic E-state index is 13.4. The van der Waals surface area contributed by atoms with Crippen molar-refractivity contribution in [1.82, 2.24) is 14.4 Å². The van der Waals surface area contributed by atoms with Gasteiger partial charge in [-0.25, -0.2) is 12.8 Å². The Morgan fingerprint density at radius 2 is 2.04 bits per heavy atom. The summed E-state index contributed by atoms with van der Waals surface area (Å²) in [6.45, 7) is 2.20. The molecule has 4 rings (SSSR count). The van der Waals surface area contributed by atoms with Gasteiger partial charge in [0, 0.05) is 6.54 Å². The van der Waals surface area contributed by atoms with Crippen molar-refractivity contribution in [2.45, 2.75) is 24.3 Å². The van der Waals surface area contributed by atoms with Crippen LogP contribution in [0.15, 0.2) is 57.9 Å². The average Bonchev–Trinajstić information content (AvgIpc) is 3.32. The zero-order chi connectivity index (χ0) is 19.7. The SMILES string of the molecule is Cc1noc(-c2ccccc2OC2CCN(S(=O)(=O)c3cccc(F)c3)C2)n1. The molecule has 1 saturated heterocycles. The van der Waals surface area contributed by atoms with Crippen molar-refractivity contribution in [3.8, 4) is 17.2 Å². The van der Waals surface area contributed by atoms with Crippen LogP contribution in [-0.2, 0) is 10.0 Å². The lowest BCUT2D eigenvalue weighted by Gasteiger charge is -2.18. The Bertz CT molecular complexity index is 1100. The summed E-state index contributed by atoms with van der Waals surface area (Å²) in [5.41, 5.74) is 0.648. The van der Waals surface area contributed by atoms with Crippen LogP contribution in [-0.4, -0.2) is 42.1 Å². The van der Waals surface area contributed by atoms with Crippen molar-refractivity contribution in [2.24, 2.45) is 0 Å². The Labute approximate surface area is 161 Å². The molecule has 1 fully saturated rings. The van der Waals surface area contributed by atoms with E-state index in [1.165, 1.54) is 22.5 Å². The van der Waals surface area contributed by atoms with E-state index in [2.05, 4.69) is 10.1 Å². The molecule has 1 aliphatic heterocycles. The fraction of sp³-hybridized carbons (Fsp3) is 0.263. The first-order valence-electron chi connectivity index (χ1n) is 8.75. The molecule has 28 heavy (non-hydrogen) atoms. The van der Waals surface area contributed by atoms with Crippen molar-refractivity contribution in [1.29, 1.82) is 0 Å². The minimum absolute atomic E-state index is 0.0603. The van der Waals surface area contributed by atoms with Crippen LogP contribution in [0.3, 0.4) is 0 Å². The standard InChI is InChI=1S/C19H18FN3O4S/c1-13-21-19(27-22-13)17-7-2-3-8-18(17)26-15-9-10-23(12-15)28(24,25)16-6-4-5-14(20)11-16/h2-8,11,15H,9-10,12H2,1H3. The van der Waals surface area contributed by atoms with Gasteiger partial charge in [0.2, 0.25) is 10.0 Å². The van der Waals surface area contributed by atoms with Crippen LogP contribution in [0.2, 0.25) is 0 Å². The van der Waals surface area contributed by atoms with Gasteiger partial charge in [0.1, 0.15) is 17.7 Å². The number of sulfonamides is 1. The van der Waals surface area contributed by atoms with E-state index in [1.54, 1.807) is 19.1 Å². The highest BCUT2D eigenvalue weighted by Gasteiger charge is 2.34. The first-order valence-corrected chi connectivity index (χ1v) is 10.2. The number of ether oxygens (including phenoxy) is 1. The predicted molar refractivity (Wildman–Crippen MR) is 98.7 cm³/mol. The molecule has 0 spiro atoms. The number of rotatable bonds is 5. The number of hydrogen-bond donors (Lipinski definition) is 0. The minimum Gasteiger partial charge on any atom is -0.488 e. The van der Waals surface area contributed by atoms with Crippen LogP contribution in [0.25, 0.3) is 11.5 Å². The van der Waals surface area contributed by atoms with E-state index in [-0.39, 0.29) is 17.5 Å². The first kappa shape index (κ1) is 18.6. The fourth-order valence-electron chi connectivity index (χ4n) is 3.12. The molecule has 1 unspecified atom stereocenters.